The molecular formula is C21H19ClN4O4S. The van der Waals surface area contributed by atoms with Crippen LogP contribution in [0.15, 0.2) is 41.6 Å². The lowest BCUT2D eigenvalue weighted by Gasteiger charge is -2.30. The van der Waals surface area contributed by atoms with Gasteiger partial charge in [0.2, 0.25) is 23.2 Å². The van der Waals surface area contributed by atoms with Crippen LogP contribution < -0.4 is 19.1 Å². The highest BCUT2D eigenvalue weighted by Gasteiger charge is 2.36. The Morgan fingerprint density at radius 1 is 1.16 bits per heavy atom. The fourth-order valence-corrected chi connectivity index (χ4v) is 3.94. The molecule has 3 aromatic rings. The van der Waals surface area contributed by atoms with Crippen molar-refractivity contribution >= 4 is 35.0 Å². The van der Waals surface area contributed by atoms with Crippen LogP contribution in [-0.2, 0) is 4.79 Å². The molecule has 8 nitrogen and oxygen atoms in total. The SMILES string of the molecule is COc1cc(Cl)c([C@H]2Oc3nc(SC)nnc3-c3ccccc3N2C(C)=O)cc1OC. The predicted molar refractivity (Wildman–Crippen MR) is 118 cm³/mol. The van der Waals surface area contributed by atoms with Gasteiger partial charge in [-0.2, -0.15) is 4.98 Å². The van der Waals surface area contributed by atoms with Crippen LogP contribution >= 0.6 is 23.4 Å². The maximum Gasteiger partial charge on any atom is 0.247 e. The van der Waals surface area contributed by atoms with Crippen molar-refractivity contribution in [1.29, 1.82) is 0 Å². The fraction of sp³-hybridized carbons (Fsp3) is 0.238. The topological polar surface area (TPSA) is 86.7 Å². The summed E-state index contributed by atoms with van der Waals surface area (Å²) in [5.74, 6) is 0.937. The molecule has 2 aromatic carbocycles. The minimum atomic E-state index is -0.918. The van der Waals surface area contributed by atoms with Crippen LogP contribution in [0.3, 0.4) is 0 Å². The Labute approximate surface area is 188 Å². The second-order valence-electron chi connectivity index (χ2n) is 6.56. The summed E-state index contributed by atoms with van der Waals surface area (Å²) in [4.78, 5) is 18.9. The van der Waals surface area contributed by atoms with Crippen LogP contribution in [0.5, 0.6) is 17.4 Å². The van der Waals surface area contributed by atoms with Gasteiger partial charge in [-0.05, 0) is 18.4 Å². The number of aromatic nitrogens is 3. The lowest BCUT2D eigenvalue weighted by molar-refractivity contribution is -0.118. The molecule has 0 aliphatic carbocycles. The van der Waals surface area contributed by atoms with E-state index in [-0.39, 0.29) is 11.8 Å². The third kappa shape index (κ3) is 3.75. The van der Waals surface area contributed by atoms with Gasteiger partial charge in [0.25, 0.3) is 0 Å². The van der Waals surface area contributed by atoms with E-state index in [1.54, 1.807) is 12.1 Å². The molecule has 0 saturated carbocycles. The molecular weight excluding hydrogens is 440 g/mol. The largest absolute Gasteiger partial charge is 0.493 e. The lowest BCUT2D eigenvalue weighted by Crippen LogP contribution is -2.36. The summed E-state index contributed by atoms with van der Waals surface area (Å²) in [5.41, 5.74) is 2.25. The van der Waals surface area contributed by atoms with Gasteiger partial charge in [0.1, 0.15) is 0 Å². The Morgan fingerprint density at radius 2 is 1.87 bits per heavy atom. The number of nitrogens with zero attached hydrogens (tertiary/aromatic N) is 4. The summed E-state index contributed by atoms with van der Waals surface area (Å²) in [6.45, 7) is 1.46. The van der Waals surface area contributed by atoms with E-state index in [0.717, 1.165) is 0 Å². The molecule has 160 valence electrons. The maximum atomic E-state index is 12.8. The number of rotatable bonds is 4. The second-order valence-corrected chi connectivity index (χ2v) is 7.74. The predicted octanol–water partition coefficient (Wildman–Crippen LogP) is 4.38. The van der Waals surface area contributed by atoms with Crippen LogP contribution in [0.4, 0.5) is 5.69 Å². The third-order valence-corrected chi connectivity index (χ3v) is 5.67. The zero-order valence-corrected chi connectivity index (χ0v) is 18.8. The highest BCUT2D eigenvalue weighted by Crippen LogP contribution is 2.46. The molecule has 0 spiro atoms. The molecule has 1 aliphatic rings. The molecule has 0 bridgehead atoms. The number of methoxy groups -OCH3 is 2. The minimum Gasteiger partial charge on any atom is -0.493 e. The molecule has 0 N–H and O–H groups in total. The summed E-state index contributed by atoms with van der Waals surface area (Å²) in [7, 11) is 3.05. The van der Waals surface area contributed by atoms with Crippen LogP contribution in [0.2, 0.25) is 5.02 Å². The Bertz CT molecular complexity index is 1160. The number of fused-ring (bicyclic) bond motifs is 3. The van der Waals surface area contributed by atoms with Crippen LogP contribution in [0.1, 0.15) is 18.7 Å². The first-order valence-electron chi connectivity index (χ1n) is 9.24. The first kappa shape index (κ1) is 21.2. The molecule has 1 aliphatic heterocycles. The zero-order chi connectivity index (χ0) is 22.1. The van der Waals surface area contributed by atoms with Crippen molar-refractivity contribution in [2.24, 2.45) is 0 Å². The number of para-hydroxylation sites is 1. The van der Waals surface area contributed by atoms with Gasteiger partial charge in [-0.15, -0.1) is 10.2 Å². The quantitative estimate of drug-likeness (QED) is 0.532. The van der Waals surface area contributed by atoms with E-state index in [4.69, 9.17) is 25.8 Å². The number of ether oxygens (including phenoxy) is 3. The molecule has 2 heterocycles. The number of hydrogen-bond acceptors (Lipinski definition) is 8. The number of thioether (sulfide) groups is 1. The zero-order valence-electron chi connectivity index (χ0n) is 17.2. The van der Waals surface area contributed by atoms with Crippen molar-refractivity contribution in [3.8, 4) is 28.6 Å². The highest BCUT2D eigenvalue weighted by molar-refractivity contribution is 7.98. The van der Waals surface area contributed by atoms with E-state index in [2.05, 4.69) is 15.2 Å². The standard InChI is InChI=1S/C21H19ClN4O4S/c1-11(27)26-15-8-6-5-7-12(15)18-19(23-21(31-4)25-24-18)30-20(26)13-9-16(28-2)17(29-3)10-14(13)22/h5-10,20H,1-4H3/t20-/m1/s1. The van der Waals surface area contributed by atoms with E-state index in [0.29, 0.717) is 44.2 Å². The minimum absolute atomic E-state index is 0.242. The normalized spacial score (nSPS) is 14.7. The first-order chi connectivity index (χ1) is 15.0. The van der Waals surface area contributed by atoms with Crippen LogP contribution in [0.25, 0.3) is 11.3 Å². The summed E-state index contributed by atoms with van der Waals surface area (Å²) < 4.78 is 17.1. The molecule has 1 aromatic heterocycles. The van der Waals surface area contributed by atoms with Gasteiger partial charge in [0.15, 0.2) is 17.2 Å². The number of carbonyl (C=O) groups is 1. The molecule has 4 rings (SSSR count). The van der Waals surface area contributed by atoms with Gasteiger partial charge >= 0.3 is 0 Å². The van der Waals surface area contributed by atoms with Gasteiger partial charge in [0, 0.05) is 24.1 Å². The van der Waals surface area contributed by atoms with E-state index in [1.807, 2.05) is 30.5 Å². The number of hydrogen-bond donors (Lipinski definition) is 0. The van der Waals surface area contributed by atoms with Gasteiger partial charge in [0.05, 0.1) is 24.9 Å². The van der Waals surface area contributed by atoms with Crippen LogP contribution in [0, 0.1) is 0 Å². The number of benzene rings is 2. The molecule has 0 saturated heterocycles. The molecule has 1 atom stereocenters. The van der Waals surface area contributed by atoms with Gasteiger partial charge in [-0.1, -0.05) is 41.6 Å². The molecule has 0 fully saturated rings. The summed E-state index contributed by atoms with van der Waals surface area (Å²) in [5, 5.41) is 9.26. The van der Waals surface area contributed by atoms with E-state index < -0.39 is 6.23 Å². The Hall–Kier alpha value is -3.04. The van der Waals surface area contributed by atoms with Gasteiger partial charge < -0.3 is 14.2 Å². The van der Waals surface area contributed by atoms with Gasteiger partial charge in [-0.25, -0.2) is 0 Å². The third-order valence-electron chi connectivity index (χ3n) is 4.80. The Balaban J connectivity index is 1.99. The number of halogens is 1. The van der Waals surface area contributed by atoms with Gasteiger partial charge in [-0.3, -0.25) is 9.69 Å². The van der Waals surface area contributed by atoms with Crippen molar-refractivity contribution < 1.29 is 19.0 Å². The molecule has 0 unspecified atom stereocenters. The van der Waals surface area contributed by atoms with Crippen molar-refractivity contribution in [2.75, 3.05) is 25.4 Å². The molecule has 10 heteroatoms. The summed E-state index contributed by atoms with van der Waals surface area (Å²) in [6.07, 6.45) is 0.928. The number of carbonyl (C=O) groups excluding carboxylic acids is 1. The fourth-order valence-electron chi connectivity index (χ4n) is 3.40. The first-order valence-corrected chi connectivity index (χ1v) is 10.8. The monoisotopic (exact) mass is 458 g/mol. The average molecular weight is 459 g/mol. The Morgan fingerprint density at radius 3 is 2.55 bits per heavy atom. The van der Waals surface area contributed by atoms with E-state index in [9.17, 15) is 4.79 Å². The summed E-state index contributed by atoms with van der Waals surface area (Å²) >= 11 is 7.94. The molecule has 1 amide bonds. The smallest absolute Gasteiger partial charge is 0.247 e. The number of anilines is 1. The van der Waals surface area contributed by atoms with Crippen molar-refractivity contribution in [1.82, 2.24) is 15.2 Å². The average Bonchev–Trinajstić information content (AvgIpc) is 2.92. The summed E-state index contributed by atoms with van der Waals surface area (Å²) in [6, 6.07) is 10.7. The van der Waals surface area contributed by atoms with Crippen LogP contribution in [-0.4, -0.2) is 41.6 Å². The lowest BCUT2D eigenvalue weighted by atomic mass is 10.1. The van der Waals surface area contributed by atoms with E-state index in [1.165, 1.54) is 37.8 Å². The molecule has 0 radical (unpaired) electrons. The highest BCUT2D eigenvalue weighted by atomic mass is 35.5. The van der Waals surface area contributed by atoms with E-state index >= 15 is 0 Å². The maximum absolute atomic E-state index is 12.8. The van der Waals surface area contributed by atoms with Crippen molar-refractivity contribution in [2.45, 2.75) is 18.3 Å². The molecule has 31 heavy (non-hydrogen) atoms. The second kappa shape index (κ2) is 8.60. The number of amides is 1. The van der Waals surface area contributed by atoms with Crippen molar-refractivity contribution in [3.63, 3.8) is 0 Å². The Kier molecular flexibility index (Phi) is 5.88. The van der Waals surface area contributed by atoms with Crippen molar-refractivity contribution in [3.05, 3.63) is 47.0 Å².